The summed E-state index contributed by atoms with van der Waals surface area (Å²) in [7, 11) is 0. The zero-order valence-electron chi connectivity index (χ0n) is 9.37. The molecular formula is C11H23N3O. The van der Waals surface area contributed by atoms with E-state index in [0.717, 1.165) is 25.8 Å². The average Bonchev–Trinajstić information content (AvgIpc) is 2.15. The minimum Gasteiger partial charge on any atom is -0.354 e. The third kappa shape index (κ3) is 4.62. The van der Waals surface area contributed by atoms with Crippen molar-refractivity contribution in [2.45, 2.75) is 44.6 Å². The Morgan fingerprint density at radius 1 is 1.40 bits per heavy atom. The third-order valence-corrected chi connectivity index (χ3v) is 3.10. The highest BCUT2D eigenvalue weighted by Gasteiger charge is 2.19. The van der Waals surface area contributed by atoms with Crippen LogP contribution in [0.4, 0.5) is 0 Å². The largest absolute Gasteiger partial charge is 0.354 e. The van der Waals surface area contributed by atoms with E-state index in [2.05, 4.69) is 5.32 Å². The van der Waals surface area contributed by atoms with Gasteiger partial charge in [0.1, 0.15) is 0 Å². The summed E-state index contributed by atoms with van der Waals surface area (Å²) in [5.41, 5.74) is 11.1. The number of hydrogen-bond donors (Lipinski definition) is 3. The van der Waals surface area contributed by atoms with Crippen LogP contribution in [0.15, 0.2) is 0 Å². The van der Waals surface area contributed by atoms with E-state index in [9.17, 15) is 4.79 Å². The molecule has 4 nitrogen and oxygen atoms in total. The number of carbonyl (C=O) groups excluding carboxylic acids is 1. The van der Waals surface area contributed by atoms with Crippen molar-refractivity contribution in [1.29, 1.82) is 0 Å². The molecule has 0 radical (unpaired) electrons. The molecule has 1 amide bonds. The van der Waals surface area contributed by atoms with Gasteiger partial charge < -0.3 is 16.8 Å². The lowest BCUT2D eigenvalue weighted by Crippen LogP contribution is -2.43. The molecule has 0 aromatic rings. The number of hydrogen-bond acceptors (Lipinski definition) is 3. The van der Waals surface area contributed by atoms with Crippen molar-refractivity contribution >= 4 is 5.91 Å². The molecule has 0 bridgehead atoms. The fourth-order valence-corrected chi connectivity index (χ4v) is 1.71. The molecule has 0 aliphatic heterocycles. The molecule has 1 rings (SSSR count). The zero-order chi connectivity index (χ0) is 11.1. The number of amides is 1. The standard InChI is InChI=1S/C11H23N3O/c12-7-2-1-6-10(13)11(15)14-8-9-4-3-5-9/h9-10H,1-8,12-13H2,(H,14,15). The van der Waals surface area contributed by atoms with Gasteiger partial charge in [0.15, 0.2) is 0 Å². The molecule has 1 aliphatic rings. The first-order valence-corrected chi connectivity index (χ1v) is 5.97. The molecule has 1 unspecified atom stereocenters. The first-order chi connectivity index (χ1) is 7.24. The van der Waals surface area contributed by atoms with Gasteiger partial charge >= 0.3 is 0 Å². The van der Waals surface area contributed by atoms with E-state index in [1.54, 1.807) is 0 Å². The Bertz CT molecular complexity index is 192. The van der Waals surface area contributed by atoms with E-state index in [-0.39, 0.29) is 11.9 Å². The number of nitrogens with one attached hydrogen (secondary N) is 1. The molecule has 0 aromatic carbocycles. The number of unbranched alkanes of at least 4 members (excludes halogenated alkanes) is 1. The third-order valence-electron chi connectivity index (χ3n) is 3.10. The highest BCUT2D eigenvalue weighted by molar-refractivity contribution is 5.81. The van der Waals surface area contributed by atoms with Crippen LogP contribution in [0.25, 0.3) is 0 Å². The normalized spacial score (nSPS) is 18.3. The van der Waals surface area contributed by atoms with E-state index < -0.39 is 0 Å². The van der Waals surface area contributed by atoms with Gasteiger partial charge in [0, 0.05) is 6.54 Å². The van der Waals surface area contributed by atoms with Crippen LogP contribution in [0.1, 0.15) is 38.5 Å². The Morgan fingerprint density at radius 3 is 2.67 bits per heavy atom. The molecule has 1 aliphatic carbocycles. The summed E-state index contributed by atoms with van der Waals surface area (Å²) in [6.07, 6.45) is 6.44. The van der Waals surface area contributed by atoms with Crippen LogP contribution in [0.5, 0.6) is 0 Å². The second kappa shape index (κ2) is 6.80. The van der Waals surface area contributed by atoms with Crippen molar-refractivity contribution in [1.82, 2.24) is 5.32 Å². The van der Waals surface area contributed by atoms with Crippen molar-refractivity contribution in [3.05, 3.63) is 0 Å². The summed E-state index contributed by atoms with van der Waals surface area (Å²) in [4.78, 5) is 11.5. The molecule has 1 atom stereocenters. The van der Waals surface area contributed by atoms with E-state index in [1.807, 2.05) is 0 Å². The van der Waals surface area contributed by atoms with Gasteiger partial charge in [-0.2, -0.15) is 0 Å². The van der Waals surface area contributed by atoms with Gasteiger partial charge in [0.2, 0.25) is 5.91 Å². The van der Waals surface area contributed by atoms with Gasteiger partial charge in [-0.05, 0) is 38.1 Å². The minimum atomic E-state index is -0.350. The summed E-state index contributed by atoms with van der Waals surface area (Å²) in [5.74, 6) is 0.698. The van der Waals surface area contributed by atoms with Gasteiger partial charge in [0.25, 0.3) is 0 Å². The van der Waals surface area contributed by atoms with Crippen LogP contribution < -0.4 is 16.8 Å². The van der Waals surface area contributed by atoms with Crippen LogP contribution in [0, 0.1) is 5.92 Å². The average molecular weight is 213 g/mol. The smallest absolute Gasteiger partial charge is 0.236 e. The topological polar surface area (TPSA) is 81.1 Å². The predicted molar refractivity (Wildman–Crippen MR) is 61.2 cm³/mol. The van der Waals surface area contributed by atoms with Crippen LogP contribution in [0.3, 0.4) is 0 Å². The Morgan fingerprint density at radius 2 is 2.13 bits per heavy atom. The maximum absolute atomic E-state index is 11.5. The minimum absolute atomic E-state index is 0.000999. The lowest BCUT2D eigenvalue weighted by atomic mass is 9.85. The van der Waals surface area contributed by atoms with E-state index >= 15 is 0 Å². The summed E-state index contributed by atoms with van der Waals surface area (Å²) >= 11 is 0. The van der Waals surface area contributed by atoms with Gasteiger partial charge in [0.05, 0.1) is 6.04 Å². The van der Waals surface area contributed by atoms with Gasteiger partial charge in [-0.25, -0.2) is 0 Å². The first kappa shape index (κ1) is 12.5. The molecule has 0 spiro atoms. The predicted octanol–water partition coefficient (Wildman–Crippen LogP) is 0.359. The second-order valence-corrected chi connectivity index (χ2v) is 4.43. The summed E-state index contributed by atoms with van der Waals surface area (Å²) in [6.45, 7) is 1.49. The number of nitrogens with two attached hydrogens (primary N) is 2. The van der Waals surface area contributed by atoms with Crippen molar-refractivity contribution < 1.29 is 4.79 Å². The van der Waals surface area contributed by atoms with Gasteiger partial charge in [-0.1, -0.05) is 12.8 Å². The van der Waals surface area contributed by atoms with Crippen molar-refractivity contribution in [2.75, 3.05) is 13.1 Å². The highest BCUT2D eigenvalue weighted by Crippen LogP contribution is 2.25. The van der Waals surface area contributed by atoms with Gasteiger partial charge in [-0.15, -0.1) is 0 Å². The lowest BCUT2D eigenvalue weighted by molar-refractivity contribution is -0.122. The van der Waals surface area contributed by atoms with E-state index in [0.29, 0.717) is 12.5 Å². The summed E-state index contributed by atoms with van der Waals surface area (Å²) in [6, 6.07) is -0.350. The van der Waals surface area contributed by atoms with Crippen molar-refractivity contribution in [2.24, 2.45) is 17.4 Å². The Labute approximate surface area is 91.8 Å². The molecule has 1 saturated carbocycles. The molecule has 15 heavy (non-hydrogen) atoms. The summed E-state index contributed by atoms with van der Waals surface area (Å²) < 4.78 is 0. The molecule has 0 saturated heterocycles. The number of carbonyl (C=O) groups is 1. The van der Waals surface area contributed by atoms with Crippen LogP contribution in [-0.4, -0.2) is 25.0 Å². The fourth-order valence-electron chi connectivity index (χ4n) is 1.71. The lowest BCUT2D eigenvalue weighted by Gasteiger charge is -2.26. The quantitative estimate of drug-likeness (QED) is 0.534. The maximum Gasteiger partial charge on any atom is 0.236 e. The molecule has 1 fully saturated rings. The van der Waals surface area contributed by atoms with Crippen LogP contribution in [-0.2, 0) is 4.79 Å². The van der Waals surface area contributed by atoms with E-state index in [1.165, 1.54) is 19.3 Å². The Balaban J connectivity index is 2.03. The van der Waals surface area contributed by atoms with Crippen molar-refractivity contribution in [3.8, 4) is 0 Å². The van der Waals surface area contributed by atoms with E-state index in [4.69, 9.17) is 11.5 Å². The molecule has 4 heteroatoms. The first-order valence-electron chi connectivity index (χ1n) is 5.97. The maximum atomic E-state index is 11.5. The second-order valence-electron chi connectivity index (χ2n) is 4.43. The summed E-state index contributed by atoms with van der Waals surface area (Å²) in [5, 5.41) is 2.92. The molecular weight excluding hydrogens is 190 g/mol. The monoisotopic (exact) mass is 213 g/mol. The van der Waals surface area contributed by atoms with Gasteiger partial charge in [-0.3, -0.25) is 4.79 Å². The van der Waals surface area contributed by atoms with Crippen LogP contribution >= 0.6 is 0 Å². The number of rotatable bonds is 7. The SMILES string of the molecule is NCCCCC(N)C(=O)NCC1CCC1. The molecule has 0 aromatic heterocycles. The molecule has 88 valence electrons. The van der Waals surface area contributed by atoms with Crippen LogP contribution in [0.2, 0.25) is 0 Å². The zero-order valence-corrected chi connectivity index (χ0v) is 9.37. The highest BCUT2D eigenvalue weighted by atomic mass is 16.2. The Kier molecular flexibility index (Phi) is 5.65. The fraction of sp³-hybridized carbons (Fsp3) is 0.909. The molecule has 5 N–H and O–H groups in total. The molecule has 0 heterocycles. The van der Waals surface area contributed by atoms with Crippen molar-refractivity contribution in [3.63, 3.8) is 0 Å². The Hall–Kier alpha value is -0.610.